The first-order chi connectivity index (χ1) is 17.1. The molecule has 0 amide bonds. The van der Waals surface area contributed by atoms with Crippen molar-refractivity contribution in [2.24, 2.45) is 14.1 Å². The van der Waals surface area contributed by atoms with E-state index in [4.69, 9.17) is 0 Å². The summed E-state index contributed by atoms with van der Waals surface area (Å²) in [7, 11) is -0.712. The van der Waals surface area contributed by atoms with E-state index in [1.807, 2.05) is 44.2 Å². The molecule has 3 heterocycles. The first-order valence-electron chi connectivity index (χ1n) is 11.9. The summed E-state index contributed by atoms with van der Waals surface area (Å²) in [4.78, 5) is 29.5. The third-order valence-corrected chi connectivity index (χ3v) is 8.88. The molecule has 1 atom stereocenters. The van der Waals surface area contributed by atoms with Crippen LogP contribution in [0.4, 0.5) is 5.69 Å². The number of sulfonamides is 1. The Bertz CT molecular complexity index is 1700. The van der Waals surface area contributed by atoms with Crippen molar-refractivity contribution in [3.8, 4) is 0 Å². The number of fused-ring (bicyclic) bond motifs is 2. The molecular weight excluding hydrogens is 478 g/mol. The molecule has 1 aliphatic heterocycles. The average molecular weight is 508 g/mol. The molecule has 2 aromatic carbocycles. The summed E-state index contributed by atoms with van der Waals surface area (Å²) in [6.45, 7) is 4.37. The third-order valence-electron chi connectivity index (χ3n) is 7.00. The normalized spacial score (nSPS) is 15.6. The number of anilines is 1. The smallest absolute Gasteiger partial charge is 0.325 e. The van der Waals surface area contributed by atoms with E-state index >= 15 is 0 Å². The fraction of sp³-hybridized carbons (Fsp3) is 0.346. The number of rotatable bonds is 6. The Morgan fingerprint density at radius 2 is 1.67 bits per heavy atom. The minimum absolute atomic E-state index is 0.241. The molecule has 10 heteroatoms. The van der Waals surface area contributed by atoms with Gasteiger partial charge in [0.2, 0.25) is 0 Å². The Morgan fingerprint density at radius 1 is 0.972 bits per heavy atom. The highest BCUT2D eigenvalue weighted by molar-refractivity contribution is 7.92. The van der Waals surface area contributed by atoms with Gasteiger partial charge in [-0.1, -0.05) is 29.8 Å². The predicted octanol–water partition coefficient (Wildman–Crippen LogP) is 2.65. The maximum atomic E-state index is 13.8. The zero-order valence-corrected chi connectivity index (χ0v) is 21.6. The molecule has 0 bridgehead atoms. The Kier molecular flexibility index (Phi) is 5.86. The lowest BCUT2D eigenvalue weighted by molar-refractivity contribution is 0.534. The van der Waals surface area contributed by atoms with E-state index in [1.54, 1.807) is 34.4 Å². The van der Waals surface area contributed by atoms with Gasteiger partial charge in [0.15, 0.2) is 11.2 Å². The van der Waals surface area contributed by atoms with Gasteiger partial charge in [-0.05, 0) is 62.4 Å². The number of benzene rings is 2. The quantitative estimate of drug-likeness (QED) is 0.400. The lowest BCUT2D eigenvalue weighted by atomic mass is 10.1. The molecule has 0 saturated carbocycles. The summed E-state index contributed by atoms with van der Waals surface area (Å²) >= 11 is 0. The van der Waals surface area contributed by atoms with Crippen molar-refractivity contribution in [1.29, 1.82) is 0 Å². The van der Waals surface area contributed by atoms with E-state index in [0.717, 1.165) is 26.9 Å². The van der Waals surface area contributed by atoms with Crippen LogP contribution in [0.1, 0.15) is 29.5 Å². The van der Waals surface area contributed by atoms with Gasteiger partial charge in [0.05, 0.1) is 16.9 Å². The molecule has 0 spiro atoms. The zero-order valence-electron chi connectivity index (χ0n) is 20.8. The van der Waals surface area contributed by atoms with Crippen LogP contribution in [-0.4, -0.2) is 33.1 Å². The topological polar surface area (TPSA) is 99.2 Å². The molecule has 0 radical (unpaired) electrons. The van der Waals surface area contributed by atoms with Gasteiger partial charge in [0, 0.05) is 26.7 Å². The molecule has 1 unspecified atom stereocenters. The number of hydrogen-bond donors (Lipinski definition) is 0. The molecule has 0 N–H and O–H groups in total. The maximum Gasteiger partial charge on any atom is 0.332 e. The molecule has 5 rings (SSSR count). The summed E-state index contributed by atoms with van der Waals surface area (Å²) in [6.07, 6.45) is 3.43. The average Bonchev–Trinajstić information content (AvgIpc) is 3.43. The van der Waals surface area contributed by atoms with Crippen molar-refractivity contribution < 1.29 is 8.42 Å². The van der Waals surface area contributed by atoms with Gasteiger partial charge in [-0.25, -0.2) is 18.2 Å². The summed E-state index contributed by atoms with van der Waals surface area (Å²) < 4.78 is 33.3. The summed E-state index contributed by atoms with van der Waals surface area (Å²) in [5.74, 6) is 0. The van der Waals surface area contributed by atoms with Gasteiger partial charge in [-0.3, -0.25) is 18.2 Å². The van der Waals surface area contributed by atoms with Crippen LogP contribution in [0.5, 0.6) is 0 Å². The van der Waals surface area contributed by atoms with Crippen LogP contribution in [0.2, 0.25) is 0 Å². The van der Waals surface area contributed by atoms with Crippen LogP contribution < -0.4 is 15.6 Å². The van der Waals surface area contributed by atoms with E-state index in [2.05, 4.69) is 4.98 Å². The van der Waals surface area contributed by atoms with E-state index in [-0.39, 0.29) is 10.9 Å². The van der Waals surface area contributed by atoms with Crippen molar-refractivity contribution >= 4 is 26.9 Å². The summed E-state index contributed by atoms with van der Waals surface area (Å²) in [5.41, 5.74) is 3.65. The van der Waals surface area contributed by atoms with Gasteiger partial charge in [-0.15, -0.1) is 0 Å². The molecule has 0 fully saturated rings. The van der Waals surface area contributed by atoms with Crippen molar-refractivity contribution in [2.45, 2.75) is 50.6 Å². The van der Waals surface area contributed by atoms with E-state index in [0.29, 0.717) is 37.0 Å². The lowest BCUT2D eigenvalue weighted by Crippen LogP contribution is -2.38. The fourth-order valence-electron chi connectivity index (χ4n) is 5.02. The second-order valence-corrected chi connectivity index (χ2v) is 11.4. The second-order valence-electron chi connectivity index (χ2n) is 9.56. The molecule has 188 valence electrons. The first-order valence-corrected chi connectivity index (χ1v) is 13.3. The van der Waals surface area contributed by atoms with Crippen LogP contribution in [-0.2, 0) is 37.1 Å². The first kappa shape index (κ1) is 24.1. The molecule has 9 nitrogen and oxygen atoms in total. The Morgan fingerprint density at radius 3 is 2.39 bits per heavy atom. The van der Waals surface area contributed by atoms with Gasteiger partial charge < -0.3 is 4.57 Å². The third kappa shape index (κ3) is 3.85. The van der Waals surface area contributed by atoms with E-state index < -0.39 is 21.3 Å². The number of hydrogen-bond acceptors (Lipinski definition) is 5. The van der Waals surface area contributed by atoms with Crippen molar-refractivity contribution in [2.75, 3.05) is 4.31 Å². The molecule has 1 aliphatic rings. The van der Waals surface area contributed by atoms with Gasteiger partial charge >= 0.3 is 5.69 Å². The largest absolute Gasteiger partial charge is 0.332 e. The monoisotopic (exact) mass is 507 g/mol. The minimum atomic E-state index is -3.75. The predicted molar refractivity (Wildman–Crippen MR) is 139 cm³/mol. The van der Waals surface area contributed by atoms with E-state index in [9.17, 15) is 18.0 Å². The Labute approximate surface area is 209 Å². The van der Waals surface area contributed by atoms with Gasteiger partial charge in [0.1, 0.15) is 0 Å². The zero-order chi connectivity index (χ0) is 25.8. The fourth-order valence-corrected chi connectivity index (χ4v) is 6.73. The Hall–Kier alpha value is -3.66. The van der Waals surface area contributed by atoms with Gasteiger partial charge in [-0.2, -0.15) is 0 Å². The van der Waals surface area contributed by atoms with E-state index in [1.165, 1.54) is 11.6 Å². The highest BCUT2D eigenvalue weighted by Crippen LogP contribution is 2.39. The van der Waals surface area contributed by atoms with Crippen LogP contribution in [0.25, 0.3) is 11.2 Å². The maximum absolute atomic E-state index is 13.8. The standard InChI is InChI=1S/C26H29N5O4S/c1-17-8-11-21(12-9-17)36(34,35)31-20(15-19-10-7-18(2)14-22(19)31)6-5-13-30-16-27-24-23(30)25(32)29(4)26(33)28(24)3/h7-12,14,16,20H,5-6,13,15H2,1-4H3. The lowest BCUT2D eigenvalue weighted by Gasteiger charge is -2.27. The number of aromatic nitrogens is 4. The highest BCUT2D eigenvalue weighted by atomic mass is 32.2. The van der Waals surface area contributed by atoms with Crippen LogP contribution >= 0.6 is 0 Å². The molecule has 0 aliphatic carbocycles. The molecule has 0 saturated heterocycles. The molecule has 4 aromatic rings. The van der Waals surface area contributed by atoms with Crippen molar-refractivity contribution in [1.82, 2.24) is 18.7 Å². The van der Waals surface area contributed by atoms with Crippen LogP contribution in [0, 0.1) is 13.8 Å². The SMILES string of the molecule is Cc1ccc(S(=O)(=O)N2c3cc(C)ccc3CC2CCCn2cnc3c2c(=O)n(C)c(=O)n3C)cc1. The molecule has 36 heavy (non-hydrogen) atoms. The molecular formula is C26H29N5O4S. The summed E-state index contributed by atoms with van der Waals surface area (Å²) in [5, 5.41) is 0. The minimum Gasteiger partial charge on any atom is -0.325 e. The van der Waals surface area contributed by atoms with Crippen LogP contribution in [0.3, 0.4) is 0 Å². The van der Waals surface area contributed by atoms with Crippen molar-refractivity contribution in [3.05, 3.63) is 86.3 Å². The Balaban J connectivity index is 1.45. The van der Waals surface area contributed by atoms with Crippen LogP contribution in [0.15, 0.2) is 63.3 Å². The number of nitrogens with zero attached hydrogens (tertiary/aromatic N) is 5. The number of imidazole rings is 1. The summed E-state index contributed by atoms with van der Waals surface area (Å²) in [6, 6.07) is 12.7. The number of aryl methyl sites for hydroxylation is 4. The molecule has 2 aromatic heterocycles. The van der Waals surface area contributed by atoms with Crippen molar-refractivity contribution in [3.63, 3.8) is 0 Å². The highest BCUT2D eigenvalue weighted by Gasteiger charge is 2.38. The van der Waals surface area contributed by atoms with Gasteiger partial charge in [0.25, 0.3) is 15.6 Å². The second kappa shape index (κ2) is 8.77.